The molecule has 0 aliphatic heterocycles. The van der Waals surface area contributed by atoms with Gasteiger partial charge >= 0.3 is 6.36 Å². The Bertz CT molecular complexity index is 841. The maximum Gasteiger partial charge on any atom is 0.573 e. The van der Waals surface area contributed by atoms with E-state index in [1.54, 1.807) is 6.92 Å². The van der Waals surface area contributed by atoms with Crippen LogP contribution in [0.4, 0.5) is 17.6 Å². The Morgan fingerprint density at radius 2 is 1.44 bits per heavy atom. The number of allylic oxidation sites excluding steroid dienone is 9. The van der Waals surface area contributed by atoms with Gasteiger partial charge in [0.15, 0.2) is 0 Å². The Morgan fingerprint density at radius 3 is 2.00 bits per heavy atom. The van der Waals surface area contributed by atoms with Gasteiger partial charge in [-0.05, 0) is 73.2 Å². The molecule has 0 bridgehead atoms. The van der Waals surface area contributed by atoms with Crippen molar-refractivity contribution in [1.82, 2.24) is 0 Å². The minimum absolute atomic E-state index is 0.0774. The van der Waals surface area contributed by atoms with E-state index in [0.29, 0.717) is 35.0 Å². The van der Waals surface area contributed by atoms with E-state index in [-0.39, 0.29) is 11.8 Å². The van der Waals surface area contributed by atoms with Gasteiger partial charge in [-0.1, -0.05) is 97.9 Å². The highest BCUT2D eigenvalue weighted by molar-refractivity contribution is 5.43. The zero-order valence-electron chi connectivity index (χ0n) is 23.1. The van der Waals surface area contributed by atoms with Crippen molar-refractivity contribution in [3.63, 3.8) is 0 Å². The third-order valence-corrected chi connectivity index (χ3v) is 6.89. The van der Waals surface area contributed by atoms with Crippen molar-refractivity contribution < 1.29 is 22.3 Å². The van der Waals surface area contributed by atoms with Crippen LogP contribution in [0.1, 0.15) is 80.1 Å². The molecule has 0 aliphatic rings. The molecule has 0 aromatic carbocycles. The molecule has 0 radical (unpaired) electrons. The smallest absolute Gasteiger partial charge is 0.406 e. The minimum Gasteiger partial charge on any atom is -0.406 e. The molecule has 0 amide bonds. The summed E-state index contributed by atoms with van der Waals surface area (Å²) in [6.45, 7) is 27.6. The summed E-state index contributed by atoms with van der Waals surface area (Å²) in [6.07, 6.45) is 7.43. The van der Waals surface area contributed by atoms with E-state index in [1.165, 1.54) is 31.4 Å². The van der Waals surface area contributed by atoms with E-state index in [1.807, 2.05) is 13.0 Å². The van der Waals surface area contributed by atoms with Crippen LogP contribution in [0.3, 0.4) is 0 Å². The molecule has 4 unspecified atom stereocenters. The number of alkyl halides is 3. The van der Waals surface area contributed by atoms with Crippen LogP contribution in [0, 0.1) is 23.7 Å². The molecule has 0 saturated carbocycles. The Balaban J connectivity index is 4.86. The summed E-state index contributed by atoms with van der Waals surface area (Å²) in [5.41, 5.74) is 2.34. The molecule has 1 nitrogen and oxygen atoms in total. The van der Waals surface area contributed by atoms with Crippen molar-refractivity contribution in [3.8, 4) is 0 Å². The predicted octanol–water partition coefficient (Wildman–Crippen LogP) is 11.0. The van der Waals surface area contributed by atoms with Crippen LogP contribution in [-0.2, 0) is 4.74 Å². The zero-order chi connectivity index (χ0) is 28.1. The van der Waals surface area contributed by atoms with Gasteiger partial charge in [-0.25, -0.2) is 4.39 Å². The predicted molar refractivity (Wildman–Crippen MR) is 146 cm³/mol. The molecular formula is C31H46F4O. The molecule has 204 valence electrons. The lowest BCUT2D eigenvalue weighted by atomic mass is 9.84. The largest absolute Gasteiger partial charge is 0.573 e. The lowest BCUT2D eigenvalue weighted by Crippen LogP contribution is -2.11. The van der Waals surface area contributed by atoms with Gasteiger partial charge in [-0.15, -0.1) is 13.2 Å². The highest BCUT2D eigenvalue weighted by Gasteiger charge is 2.30. The SMILES string of the molecule is C=C(/C=C\C(=C)C(C)C/C=C(\C)C(=C)/C(F)=C\C(=C)C(C)CCC(C)C(C)CCCC)OC(F)(F)F. The van der Waals surface area contributed by atoms with Gasteiger partial charge in [0, 0.05) is 5.57 Å². The molecule has 0 fully saturated rings. The standard InChI is InChI=1S/C31H46F4O/c1-11-12-13-21(2)22(3)14-15-25(6)27(8)20-30(32)29(10)26(7)17-16-23(4)24(5)18-19-28(9)36-31(33,34)35/h17-23,25H,5,8-16H2,1-4,6-7H3/b19-18-,26-17+,30-20+. The molecule has 0 spiro atoms. The van der Waals surface area contributed by atoms with Gasteiger partial charge in [0.1, 0.15) is 11.6 Å². The quantitative estimate of drug-likeness (QED) is 0.107. The number of ether oxygens (including phenoxy) is 1. The molecule has 5 heteroatoms. The first-order valence-corrected chi connectivity index (χ1v) is 12.8. The minimum atomic E-state index is -4.78. The average Bonchev–Trinajstić information content (AvgIpc) is 2.80. The van der Waals surface area contributed by atoms with Crippen LogP contribution in [0.2, 0.25) is 0 Å². The molecule has 4 atom stereocenters. The number of hydrogen-bond acceptors (Lipinski definition) is 1. The molecule has 0 aromatic rings. The number of unbranched alkanes of at least 4 members (excludes halogenated alkanes) is 1. The summed E-state index contributed by atoms with van der Waals surface area (Å²) in [7, 11) is 0. The van der Waals surface area contributed by atoms with Crippen molar-refractivity contribution in [2.24, 2.45) is 23.7 Å². The molecular weight excluding hydrogens is 464 g/mol. The molecule has 0 saturated heterocycles. The monoisotopic (exact) mass is 510 g/mol. The zero-order valence-corrected chi connectivity index (χ0v) is 23.1. The fraction of sp³-hybridized carbons (Fsp3) is 0.548. The second-order valence-corrected chi connectivity index (χ2v) is 10.1. The Hall–Kier alpha value is -2.30. The maximum absolute atomic E-state index is 14.9. The van der Waals surface area contributed by atoms with Crippen LogP contribution in [0.25, 0.3) is 0 Å². The third-order valence-electron chi connectivity index (χ3n) is 6.89. The van der Waals surface area contributed by atoms with Crippen LogP contribution < -0.4 is 0 Å². The fourth-order valence-corrected chi connectivity index (χ4v) is 3.55. The number of halogens is 4. The first-order chi connectivity index (χ1) is 16.6. The molecule has 0 rings (SSSR count). The van der Waals surface area contributed by atoms with Crippen molar-refractivity contribution in [2.75, 3.05) is 0 Å². The van der Waals surface area contributed by atoms with E-state index in [0.717, 1.165) is 24.5 Å². The van der Waals surface area contributed by atoms with Crippen molar-refractivity contribution in [1.29, 1.82) is 0 Å². The fourth-order valence-electron chi connectivity index (χ4n) is 3.55. The second-order valence-electron chi connectivity index (χ2n) is 10.1. The highest BCUT2D eigenvalue weighted by Crippen LogP contribution is 2.29. The first-order valence-electron chi connectivity index (χ1n) is 12.8. The summed E-state index contributed by atoms with van der Waals surface area (Å²) in [4.78, 5) is 0. The van der Waals surface area contributed by atoms with E-state index in [9.17, 15) is 17.6 Å². The Morgan fingerprint density at radius 1 is 0.861 bits per heavy atom. The Kier molecular flexibility index (Phi) is 15.4. The molecule has 36 heavy (non-hydrogen) atoms. The molecule has 0 aromatic heterocycles. The van der Waals surface area contributed by atoms with Gasteiger partial charge in [0.05, 0.1) is 0 Å². The first kappa shape index (κ1) is 33.7. The number of hydrogen-bond donors (Lipinski definition) is 0. The summed E-state index contributed by atoms with van der Waals surface area (Å²) in [5, 5.41) is 0. The van der Waals surface area contributed by atoms with Gasteiger partial charge in [0.25, 0.3) is 0 Å². The van der Waals surface area contributed by atoms with Crippen molar-refractivity contribution in [2.45, 2.75) is 86.4 Å². The number of rotatable bonds is 17. The van der Waals surface area contributed by atoms with E-state index in [4.69, 9.17) is 0 Å². The van der Waals surface area contributed by atoms with Crippen molar-refractivity contribution in [3.05, 3.63) is 84.5 Å². The van der Waals surface area contributed by atoms with Gasteiger partial charge in [-0.2, -0.15) is 0 Å². The molecule has 0 heterocycles. The Labute approximate surface area is 217 Å². The third kappa shape index (κ3) is 14.3. The lowest BCUT2D eigenvalue weighted by molar-refractivity contribution is -0.303. The second kappa shape index (κ2) is 16.4. The van der Waals surface area contributed by atoms with Crippen LogP contribution in [0.15, 0.2) is 84.5 Å². The summed E-state index contributed by atoms with van der Waals surface area (Å²) < 4.78 is 55.2. The van der Waals surface area contributed by atoms with Crippen LogP contribution >= 0.6 is 0 Å². The van der Waals surface area contributed by atoms with Crippen molar-refractivity contribution >= 4 is 0 Å². The summed E-state index contributed by atoms with van der Waals surface area (Å²) >= 11 is 0. The highest BCUT2D eigenvalue weighted by atomic mass is 19.4. The van der Waals surface area contributed by atoms with E-state index < -0.39 is 17.9 Å². The maximum atomic E-state index is 14.9. The van der Waals surface area contributed by atoms with E-state index in [2.05, 4.69) is 58.7 Å². The average molecular weight is 511 g/mol. The van der Waals surface area contributed by atoms with Crippen LogP contribution in [0.5, 0.6) is 0 Å². The molecule has 0 aliphatic carbocycles. The van der Waals surface area contributed by atoms with Gasteiger partial charge in [-0.3, -0.25) is 0 Å². The van der Waals surface area contributed by atoms with Gasteiger partial charge < -0.3 is 4.74 Å². The van der Waals surface area contributed by atoms with E-state index >= 15 is 0 Å². The molecule has 0 N–H and O–H groups in total. The normalized spacial score (nSPS) is 16.4. The summed E-state index contributed by atoms with van der Waals surface area (Å²) in [6, 6.07) is 0. The topological polar surface area (TPSA) is 9.23 Å². The summed E-state index contributed by atoms with van der Waals surface area (Å²) in [5.74, 6) is 0.496. The van der Waals surface area contributed by atoms with Crippen LogP contribution in [-0.4, -0.2) is 6.36 Å². The lowest BCUT2D eigenvalue weighted by Gasteiger charge is -2.22. The van der Waals surface area contributed by atoms with Gasteiger partial charge in [0.2, 0.25) is 0 Å².